The molecule has 0 radical (unpaired) electrons. The van der Waals surface area contributed by atoms with Crippen molar-refractivity contribution in [3.8, 4) is 6.07 Å². The number of aryl methyl sites for hydroxylation is 1. The van der Waals surface area contributed by atoms with Crippen molar-refractivity contribution in [1.29, 1.82) is 5.26 Å². The lowest BCUT2D eigenvalue weighted by molar-refractivity contribution is 0.493. The molecule has 0 amide bonds. The summed E-state index contributed by atoms with van der Waals surface area (Å²) in [5.74, 6) is 0. The van der Waals surface area contributed by atoms with Crippen LogP contribution in [0.5, 0.6) is 0 Å². The number of nitriles is 1. The molecule has 0 aliphatic carbocycles. The lowest BCUT2D eigenvalue weighted by Gasteiger charge is -2.10. The van der Waals surface area contributed by atoms with E-state index in [4.69, 9.17) is 16.9 Å². The largest absolute Gasteiger partial charge is 0.302 e. The van der Waals surface area contributed by atoms with Crippen LogP contribution in [0, 0.1) is 11.3 Å². The molecule has 1 N–H and O–H groups in total. The van der Waals surface area contributed by atoms with E-state index >= 15 is 0 Å². The molecule has 0 fully saturated rings. The van der Waals surface area contributed by atoms with Gasteiger partial charge in [-0.3, -0.25) is 4.68 Å². The molecule has 1 rings (SSSR count). The molecule has 82 valence electrons. The normalized spacial score (nSPS) is 12.3. The molecule has 0 aliphatic rings. The molecule has 1 heterocycles. The zero-order valence-electron chi connectivity index (χ0n) is 8.78. The van der Waals surface area contributed by atoms with Crippen molar-refractivity contribution < 1.29 is 0 Å². The van der Waals surface area contributed by atoms with Crippen LogP contribution >= 0.6 is 11.6 Å². The van der Waals surface area contributed by atoms with E-state index in [1.807, 2.05) is 0 Å². The maximum Gasteiger partial charge on any atom is 0.0970 e. The van der Waals surface area contributed by atoms with Gasteiger partial charge in [-0.15, -0.1) is 0 Å². The van der Waals surface area contributed by atoms with Gasteiger partial charge in [0, 0.05) is 12.7 Å². The van der Waals surface area contributed by atoms with Gasteiger partial charge in [-0.1, -0.05) is 18.5 Å². The predicted molar refractivity (Wildman–Crippen MR) is 59.5 cm³/mol. The van der Waals surface area contributed by atoms with Crippen LogP contribution < -0.4 is 5.32 Å². The number of hydrogen-bond donors (Lipinski definition) is 1. The fraction of sp³-hybridized carbons (Fsp3) is 0.600. The fourth-order valence-electron chi connectivity index (χ4n) is 1.25. The van der Waals surface area contributed by atoms with Gasteiger partial charge in [-0.2, -0.15) is 10.4 Å². The summed E-state index contributed by atoms with van der Waals surface area (Å²) in [7, 11) is 0. The minimum atomic E-state index is -0.104. The highest BCUT2D eigenvalue weighted by molar-refractivity contribution is 6.30. The summed E-state index contributed by atoms with van der Waals surface area (Å²) >= 11 is 5.73. The van der Waals surface area contributed by atoms with Gasteiger partial charge >= 0.3 is 0 Å². The molecule has 15 heavy (non-hydrogen) atoms. The van der Waals surface area contributed by atoms with Gasteiger partial charge in [0.25, 0.3) is 0 Å². The van der Waals surface area contributed by atoms with Crippen molar-refractivity contribution in [2.45, 2.75) is 32.4 Å². The molecule has 0 saturated carbocycles. The van der Waals surface area contributed by atoms with E-state index in [2.05, 4.69) is 23.4 Å². The first kappa shape index (κ1) is 12.0. The van der Waals surface area contributed by atoms with Crippen LogP contribution in [0.2, 0.25) is 5.02 Å². The molecule has 1 aromatic heterocycles. The Morgan fingerprint density at radius 2 is 2.53 bits per heavy atom. The molecule has 0 aromatic carbocycles. The number of nitrogens with one attached hydrogen (secondary N) is 1. The van der Waals surface area contributed by atoms with Gasteiger partial charge in [0.2, 0.25) is 0 Å². The van der Waals surface area contributed by atoms with E-state index < -0.39 is 0 Å². The molecular weight excluding hydrogens is 212 g/mol. The Kier molecular flexibility index (Phi) is 5.16. The summed E-state index contributed by atoms with van der Waals surface area (Å²) in [6.45, 7) is 3.66. The standard InChI is InChI=1S/C10H15ClN4/c1-2-4-13-10(6-12)3-5-15-8-9(11)7-14-15/h7-8,10,13H,2-5H2,1H3. The van der Waals surface area contributed by atoms with E-state index in [0.717, 1.165) is 19.4 Å². The second kappa shape index (κ2) is 6.44. The van der Waals surface area contributed by atoms with Crippen LogP contribution in [0.4, 0.5) is 0 Å². The molecule has 4 nitrogen and oxygen atoms in total. The van der Waals surface area contributed by atoms with Gasteiger partial charge in [0.05, 0.1) is 23.3 Å². The van der Waals surface area contributed by atoms with E-state index in [9.17, 15) is 0 Å². The van der Waals surface area contributed by atoms with Gasteiger partial charge in [-0.05, 0) is 19.4 Å². The van der Waals surface area contributed by atoms with Gasteiger partial charge in [0.15, 0.2) is 0 Å². The minimum absolute atomic E-state index is 0.104. The number of halogens is 1. The van der Waals surface area contributed by atoms with Gasteiger partial charge < -0.3 is 5.32 Å². The van der Waals surface area contributed by atoms with Crippen molar-refractivity contribution in [3.05, 3.63) is 17.4 Å². The minimum Gasteiger partial charge on any atom is -0.302 e. The molecule has 1 aromatic rings. The molecular formula is C10H15ClN4. The Morgan fingerprint density at radius 3 is 3.07 bits per heavy atom. The summed E-state index contributed by atoms with van der Waals surface area (Å²) < 4.78 is 1.75. The third-order valence-corrected chi connectivity index (χ3v) is 2.24. The van der Waals surface area contributed by atoms with Gasteiger partial charge in [0.1, 0.15) is 0 Å². The highest BCUT2D eigenvalue weighted by atomic mass is 35.5. The maximum atomic E-state index is 8.87. The zero-order valence-corrected chi connectivity index (χ0v) is 9.54. The van der Waals surface area contributed by atoms with Crippen molar-refractivity contribution in [2.24, 2.45) is 0 Å². The van der Waals surface area contributed by atoms with E-state index in [0.29, 0.717) is 11.6 Å². The quantitative estimate of drug-likeness (QED) is 0.805. The SMILES string of the molecule is CCCNC(C#N)CCn1cc(Cl)cn1. The predicted octanol–water partition coefficient (Wildman–Crippen LogP) is 1.82. The third kappa shape index (κ3) is 4.32. The van der Waals surface area contributed by atoms with Crippen LogP contribution in [0.1, 0.15) is 19.8 Å². The Hall–Kier alpha value is -1.05. The van der Waals surface area contributed by atoms with Crippen molar-refractivity contribution in [1.82, 2.24) is 15.1 Å². The number of nitrogens with zero attached hydrogens (tertiary/aromatic N) is 3. The Balaban J connectivity index is 2.31. The second-order valence-corrected chi connectivity index (χ2v) is 3.78. The average molecular weight is 227 g/mol. The van der Waals surface area contributed by atoms with Crippen molar-refractivity contribution in [3.63, 3.8) is 0 Å². The van der Waals surface area contributed by atoms with Crippen molar-refractivity contribution in [2.75, 3.05) is 6.54 Å². The third-order valence-electron chi connectivity index (χ3n) is 2.05. The van der Waals surface area contributed by atoms with Gasteiger partial charge in [-0.25, -0.2) is 0 Å². The van der Waals surface area contributed by atoms with E-state index in [-0.39, 0.29) is 6.04 Å². The van der Waals surface area contributed by atoms with Crippen molar-refractivity contribution >= 4 is 11.6 Å². The number of hydrogen-bond acceptors (Lipinski definition) is 3. The van der Waals surface area contributed by atoms with Crippen LogP contribution in [0.15, 0.2) is 12.4 Å². The van der Waals surface area contributed by atoms with Crippen LogP contribution in [0.3, 0.4) is 0 Å². The molecule has 1 atom stereocenters. The molecule has 0 spiro atoms. The van der Waals surface area contributed by atoms with Crippen LogP contribution in [-0.2, 0) is 6.54 Å². The lowest BCUT2D eigenvalue weighted by atomic mass is 10.2. The number of rotatable bonds is 6. The lowest BCUT2D eigenvalue weighted by Crippen LogP contribution is -2.29. The average Bonchev–Trinajstić information content (AvgIpc) is 2.65. The summed E-state index contributed by atoms with van der Waals surface area (Å²) in [5.41, 5.74) is 0. The molecule has 5 heteroatoms. The zero-order chi connectivity index (χ0) is 11.1. The molecule has 0 aliphatic heterocycles. The highest BCUT2D eigenvalue weighted by Crippen LogP contribution is 2.05. The second-order valence-electron chi connectivity index (χ2n) is 3.35. The highest BCUT2D eigenvalue weighted by Gasteiger charge is 2.06. The fourth-order valence-corrected chi connectivity index (χ4v) is 1.41. The Morgan fingerprint density at radius 1 is 1.73 bits per heavy atom. The molecule has 0 saturated heterocycles. The maximum absolute atomic E-state index is 8.87. The summed E-state index contributed by atoms with van der Waals surface area (Å²) in [6, 6.07) is 2.12. The first-order chi connectivity index (χ1) is 7.26. The molecule has 1 unspecified atom stereocenters. The first-order valence-electron chi connectivity index (χ1n) is 5.07. The number of aromatic nitrogens is 2. The van der Waals surface area contributed by atoms with E-state index in [1.165, 1.54) is 0 Å². The summed E-state index contributed by atoms with van der Waals surface area (Å²) in [5, 5.41) is 16.7. The van der Waals surface area contributed by atoms with Crippen LogP contribution in [-0.4, -0.2) is 22.4 Å². The monoisotopic (exact) mass is 226 g/mol. The van der Waals surface area contributed by atoms with E-state index in [1.54, 1.807) is 17.1 Å². The summed E-state index contributed by atoms with van der Waals surface area (Å²) in [6.07, 6.45) is 5.14. The summed E-state index contributed by atoms with van der Waals surface area (Å²) in [4.78, 5) is 0. The first-order valence-corrected chi connectivity index (χ1v) is 5.45. The topological polar surface area (TPSA) is 53.6 Å². The Bertz CT molecular complexity index is 328. The molecule has 0 bridgehead atoms. The Labute approximate surface area is 94.8 Å². The van der Waals surface area contributed by atoms with Crippen LogP contribution in [0.25, 0.3) is 0 Å². The smallest absolute Gasteiger partial charge is 0.0970 e.